The zero-order valence-electron chi connectivity index (χ0n) is 6.96. The number of hydrogen-bond acceptors (Lipinski definition) is 1. The maximum atomic E-state index is 5.81. The average Bonchev–Trinajstić information content (AvgIpc) is 2.05. The summed E-state index contributed by atoms with van der Waals surface area (Å²) in [6, 6.07) is 7.82. The van der Waals surface area contributed by atoms with E-state index in [1.165, 1.54) is 5.19 Å². The van der Waals surface area contributed by atoms with Crippen LogP contribution >= 0.6 is 11.6 Å². The van der Waals surface area contributed by atoms with Crippen molar-refractivity contribution in [1.82, 2.24) is 0 Å². The van der Waals surface area contributed by atoms with Gasteiger partial charge in [0.25, 0.3) is 9.76 Å². The molecule has 1 nitrogen and oxygen atoms in total. The zero-order valence-corrected chi connectivity index (χ0v) is 9.13. The molecule has 1 aromatic carbocycles. The van der Waals surface area contributed by atoms with Crippen molar-refractivity contribution in [2.75, 3.05) is 0 Å². The second kappa shape index (κ2) is 5.01. The maximum absolute atomic E-state index is 5.81. The molecular formula is C9H11ClOSi. The Balaban J connectivity index is 2.52. The summed E-state index contributed by atoms with van der Waals surface area (Å²) in [5, 5.41) is 2.00. The van der Waals surface area contributed by atoms with Crippen LogP contribution in [-0.4, -0.2) is 9.76 Å². The fourth-order valence-electron chi connectivity index (χ4n) is 0.867. The lowest BCUT2D eigenvalue weighted by Gasteiger charge is -1.99. The highest BCUT2D eigenvalue weighted by molar-refractivity contribution is 6.47. The van der Waals surface area contributed by atoms with Crippen LogP contribution in [0.15, 0.2) is 36.6 Å². The SMILES string of the molecule is C/C=C\O[SiH2]c1cccc(Cl)c1. The predicted octanol–water partition coefficient (Wildman–Crippen LogP) is 1.60. The monoisotopic (exact) mass is 198 g/mol. The van der Waals surface area contributed by atoms with Crippen molar-refractivity contribution in [1.29, 1.82) is 0 Å². The van der Waals surface area contributed by atoms with Gasteiger partial charge in [-0.05, 0) is 24.2 Å². The molecule has 0 radical (unpaired) electrons. The van der Waals surface area contributed by atoms with Crippen molar-refractivity contribution < 1.29 is 4.43 Å². The van der Waals surface area contributed by atoms with Gasteiger partial charge in [-0.1, -0.05) is 29.8 Å². The van der Waals surface area contributed by atoms with E-state index in [-0.39, 0.29) is 0 Å². The molecule has 1 aromatic rings. The van der Waals surface area contributed by atoms with E-state index in [1.54, 1.807) is 6.26 Å². The van der Waals surface area contributed by atoms with Crippen molar-refractivity contribution >= 4 is 26.6 Å². The largest absolute Gasteiger partial charge is 0.551 e. The molecule has 0 fully saturated rings. The fourth-order valence-corrected chi connectivity index (χ4v) is 2.23. The molecule has 0 spiro atoms. The molecule has 0 saturated carbocycles. The van der Waals surface area contributed by atoms with Crippen molar-refractivity contribution in [3.05, 3.63) is 41.6 Å². The molecule has 0 aliphatic rings. The summed E-state index contributed by atoms with van der Waals surface area (Å²) in [6.45, 7) is 1.94. The highest BCUT2D eigenvalue weighted by Crippen LogP contribution is 2.02. The minimum atomic E-state index is -0.615. The maximum Gasteiger partial charge on any atom is 0.250 e. The molecule has 3 heteroatoms. The average molecular weight is 199 g/mol. The molecule has 0 heterocycles. The standard InChI is InChI=1S/C9H11ClOSi/c1-2-6-11-12-9-5-3-4-8(10)7-9/h2-7H,12H2,1H3/b6-2-. The summed E-state index contributed by atoms with van der Waals surface area (Å²) in [5.41, 5.74) is 0. The van der Waals surface area contributed by atoms with Gasteiger partial charge in [0.2, 0.25) is 0 Å². The first-order chi connectivity index (χ1) is 5.83. The lowest BCUT2D eigenvalue weighted by atomic mass is 10.4. The van der Waals surface area contributed by atoms with Crippen LogP contribution < -0.4 is 5.19 Å². The minimum Gasteiger partial charge on any atom is -0.551 e. The number of hydrogen-bond donors (Lipinski definition) is 0. The van der Waals surface area contributed by atoms with Gasteiger partial charge < -0.3 is 4.43 Å². The second-order valence-electron chi connectivity index (χ2n) is 2.41. The zero-order chi connectivity index (χ0) is 8.81. The molecule has 1 rings (SSSR count). The summed E-state index contributed by atoms with van der Waals surface area (Å²) in [5.74, 6) is 0. The van der Waals surface area contributed by atoms with E-state index in [0.29, 0.717) is 0 Å². The molecule has 0 amide bonds. The molecule has 0 aliphatic carbocycles. The Morgan fingerprint density at radius 3 is 3.00 bits per heavy atom. The highest BCUT2D eigenvalue weighted by Gasteiger charge is 1.93. The molecule has 0 unspecified atom stereocenters. The van der Waals surface area contributed by atoms with Crippen molar-refractivity contribution in [2.45, 2.75) is 6.92 Å². The lowest BCUT2D eigenvalue weighted by molar-refractivity contribution is 0.523. The van der Waals surface area contributed by atoms with Gasteiger partial charge in [0, 0.05) is 5.02 Å². The quantitative estimate of drug-likeness (QED) is 0.530. The molecule has 64 valence electrons. The number of rotatable bonds is 3. The molecule has 12 heavy (non-hydrogen) atoms. The summed E-state index contributed by atoms with van der Waals surface area (Å²) >= 11 is 5.81. The highest BCUT2D eigenvalue weighted by atomic mass is 35.5. The van der Waals surface area contributed by atoms with E-state index in [2.05, 4.69) is 0 Å². The number of halogens is 1. The van der Waals surface area contributed by atoms with Crippen LogP contribution in [0.1, 0.15) is 6.92 Å². The summed E-state index contributed by atoms with van der Waals surface area (Å²) < 4.78 is 5.32. The van der Waals surface area contributed by atoms with Gasteiger partial charge in [0.1, 0.15) is 0 Å². The van der Waals surface area contributed by atoms with Crippen molar-refractivity contribution in [2.24, 2.45) is 0 Å². The first kappa shape index (κ1) is 9.36. The Morgan fingerprint density at radius 2 is 2.33 bits per heavy atom. The normalized spacial score (nSPS) is 11.5. The van der Waals surface area contributed by atoms with E-state index in [9.17, 15) is 0 Å². The Morgan fingerprint density at radius 1 is 1.50 bits per heavy atom. The van der Waals surface area contributed by atoms with Gasteiger partial charge >= 0.3 is 0 Å². The van der Waals surface area contributed by atoms with Crippen molar-refractivity contribution in [3.8, 4) is 0 Å². The topological polar surface area (TPSA) is 9.23 Å². The van der Waals surface area contributed by atoms with Crippen LogP contribution in [0.3, 0.4) is 0 Å². The summed E-state index contributed by atoms with van der Waals surface area (Å²) in [6.07, 6.45) is 3.62. The second-order valence-corrected chi connectivity index (χ2v) is 4.29. The van der Waals surface area contributed by atoms with Gasteiger partial charge in [-0.15, -0.1) is 0 Å². The Hall–Kier alpha value is -0.733. The van der Waals surface area contributed by atoms with Gasteiger partial charge in [-0.2, -0.15) is 0 Å². The minimum absolute atomic E-state index is 0.615. The predicted molar refractivity (Wildman–Crippen MR) is 55.5 cm³/mol. The van der Waals surface area contributed by atoms with Crippen LogP contribution in [0.5, 0.6) is 0 Å². The lowest BCUT2D eigenvalue weighted by Crippen LogP contribution is -2.14. The first-order valence-electron chi connectivity index (χ1n) is 3.80. The third kappa shape index (κ3) is 3.11. The smallest absolute Gasteiger partial charge is 0.250 e. The first-order valence-corrected chi connectivity index (χ1v) is 5.46. The number of allylic oxidation sites excluding steroid dienone is 1. The van der Waals surface area contributed by atoms with E-state index >= 15 is 0 Å². The Bertz CT molecular complexity index is 273. The van der Waals surface area contributed by atoms with Crippen LogP contribution in [0.4, 0.5) is 0 Å². The van der Waals surface area contributed by atoms with Gasteiger partial charge in [0.15, 0.2) is 0 Å². The van der Waals surface area contributed by atoms with E-state index in [4.69, 9.17) is 16.0 Å². The molecular weight excluding hydrogens is 188 g/mol. The van der Waals surface area contributed by atoms with Crippen LogP contribution in [0, 0.1) is 0 Å². The van der Waals surface area contributed by atoms with E-state index in [1.807, 2.05) is 37.3 Å². The van der Waals surface area contributed by atoms with E-state index in [0.717, 1.165) is 5.02 Å². The third-order valence-electron chi connectivity index (χ3n) is 1.37. The molecule has 0 bridgehead atoms. The fraction of sp³-hybridized carbons (Fsp3) is 0.111. The molecule has 0 N–H and O–H groups in total. The molecule has 0 aliphatic heterocycles. The molecule has 0 atom stereocenters. The van der Waals surface area contributed by atoms with E-state index < -0.39 is 9.76 Å². The van der Waals surface area contributed by atoms with Crippen LogP contribution in [0.2, 0.25) is 5.02 Å². The van der Waals surface area contributed by atoms with Gasteiger partial charge in [-0.3, -0.25) is 0 Å². The van der Waals surface area contributed by atoms with Gasteiger partial charge in [0.05, 0.1) is 6.26 Å². The van der Waals surface area contributed by atoms with Crippen LogP contribution in [-0.2, 0) is 4.43 Å². The molecule has 0 saturated heterocycles. The number of benzene rings is 1. The van der Waals surface area contributed by atoms with Crippen LogP contribution in [0.25, 0.3) is 0 Å². The third-order valence-corrected chi connectivity index (χ3v) is 2.74. The Kier molecular flexibility index (Phi) is 3.91. The molecule has 0 aromatic heterocycles. The summed E-state index contributed by atoms with van der Waals surface area (Å²) in [7, 11) is -0.615. The van der Waals surface area contributed by atoms with Gasteiger partial charge in [-0.25, -0.2) is 0 Å². The Labute approximate surface area is 80.0 Å². The summed E-state index contributed by atoms with van der Waals surface area (Å²) in [4.78, 5) is 0. The van der Waals surface area contributed by atoms with Crippen molar-refractivity contribution in [3.63, 3.8) is 0 Å².